The summed E-state index contributed by atoms with van der Waals surface area (Å²) in [7, 11) is 1.57. The van der Waals surface area contributed by atoms with Crippen molar-refractivity contribution in [3.63, 3.8) is 0 Å². The number of hydrogen-bond acceptors (Lipinski definition) is 7. The number of rotatable bonds is 6. The van der Waals surface area contributed by atoms with Crippen LogP contribution in [0.3, 0.4) is 0 Å². The first-order valence-corrected chi connectivity index (χ1v) is 11.4. The monoisotopic (exact) mass is 483 g/mol. The number of carbonyl (C=O) groups is 2. The van der Waals surface area contributed by atoms with Crippen molar-refractivity contribution in [3.8, 4) is 11.8 Å². The van der Waals surface area contributed by atoms with Gasteiger partial charge in [-0.25, -0.2) is 0 Å². The van der Waals surface area contributed by atoms with Crippen molar-refractivity contribution in [2.75, 3.05) is 22.8 Å². The number of ether oxygens (including phenoxy) is 1. The van der Waals surface area contributed by atoms with E-state index in [0.717, 1.165) is 17.3 Å². The van der Waals surface area contributed by atoms with Crippen LogP contribution in [0.4, 0.5) is 17.1 Å². The smallest absolute Gasteiger partial charge is 0.290 e. The summed E-state index contributed by atoms with van der Waals surface area (Å²) in [6.45, 7) is 1.94. The van der Waals surface area contributed by atoms with Crippen LogP contribution in [-0.4, -0.2) is 24.0 Å². The topological polar surface area (TPSA) is 107 Å². The van der Waals surface area contributed by atoms with Crippen LogP contribution < -0.4 is 20.4 Å². The third-order valence-corrected chi connectivity index (χ3v) is 6.07. The summed E-state index contributed by atoms with van der Waals surface area (Å²) in [6.07, 6.45) is 0. The largest absolute Gasteiger partial charge is 0.497 e. The fourth-order valence-corrected chi connectivity index (χ4v) is 4.19. The second kappa shape index (κ2) is 10.6. The molecular weight excluding hydrogens is 462 g/mol. The maximum Gasteiger partial charge on any atom is 0.290 e. The van der Waals surface area contributed by atoms with Gasteiger partial charge in [-0.3, -0.25) is 19.9 Å². The molecule has 0 spiro atoms. The lowest BCUT2D eigenvalue weighted by atomic mass is 10.2. The second-order valence-electron chi connectivity index (χ2n) is 7.45. The fourth-order valence-electron chi connectivity index (χ4n) is 3.22. The Bertz CT molecular complexity index is 1340. The zero-order valence-corrected chi connectivity index (χ0v) is 19.8. The average Bonchev–Trinajstić information content (AvgIpc) is 3.21. The minimum absolute atomic E-state index is 0.0931. The number of hydrogen-bond donors (Lipinski definition) is 2. The van der Waals surface area contributed by atoms with Gasteiger partial charge in [0.25, 0.3) is 11.8 Å². The second-order valence-corrected chi connectivity index (χ2v) is 8.43. The lowest BCUT2D eigenvalue weighted by Gasteiger charge is -2.17. The number of nitriles is 1. The van der Waals surface area contributed by atoms with Gasteiger partial charge in [0.15, 0.2) is 5.04 Å². The van der Waals surface area contributed by atoms with Gasteiger partial charge in [0, 0.05) is 11.4 Å². The van der Waals surface area contributed by atoms with Gasteiger partial charge in [-0.15, -0.1) is 0 Å². The van der Waals surface area contributed by atoms with Crippen LogP contribution in [0.25, 0.3) is 0 Å². The molecule has 174 valence electrons. The molecule has 0 radical (unpaired) electrons. The van der Waals surface area contributed by atoms with Crippen LogP contribution in [0.5, 0.6) is 5.75 Å². The Kier molecular flexibility index (Phi) is 7.14. The highest BCUT2D eigenvalue weighted by Crippen LogP contribution is 2.38. The van der Waals surface area contributed by atoms with Crippen LogP contribution in [0.2, 0.25) is 0 Å². The molecule has 3 aromatic carbocycles. The molecule has 1 fully saturated rings. The molecular formula is C26H21N5O3S. The number of carbonyl (C=O) groups excluding carboxylic acids is 2. The molecule has 0 saturated carbocycles. The van der Waals surface area contributed by atoms with E-state index in [1.54, 1.807) is 67.8 Å². The molecule has 2 N–H and O–H groups in total. The summed E-state index contributed by atoms with van der Waals surface area (Å²) < 4.78 is 5.15. The van der Waals surface area contributed by atoms with E-state index in [0.29, 0.717) is 22.8 Å². The van der Waals surface area contributed by atoms with E-state index in [-0.39, 0.29) is 15.6 Å². The molecule has 0 atom stereocenters. The van der Waals surface area contributed by atoms with Crippen LogP contribution in [0.1, 0.15) is 5.56 Å². The van der Waals surface area contributed by atoms with E-state index in [2.05, 4.69) is 15.8 Å². The lowest BCUT2D eigenvalue weighted by Crippen LogP contribution is -2.28. The molecule has 0 unspecified atom stereocenters. The van der Waals surface area contributed by atoms with Gasteiger partial charge in [0.05, 0.1) is 12.8 Å². The first-order valence-electron chi connectivity index (χ1n) is 10.6. The van der Waals surface area contributed by atoms with E-state index in [9.17, 15) is 14.9 Å². The van der Waals surface area contributed by atoms with Crippen LogP contribution >= 0.6 is 11.8 Å². The van der Waals surface area contributed by atoms with Gasteiger partial charge in [0.1, 0.15) is 22.4 Å². The number of benzene rings is 3. The molecule has 0 bridgehead atoms. The summed E-state index contributed by atoms with van der Waals surface area (Å²) in [4.78, 5) is 27.7. The number of hydrazone groups is 1. The van der Waals surface area contributed by atoms with Crippen LogP contribution in [0.15, 0.2) is 94.6 Å². The van der Waals surface area contributed by atoms with Crippen molar-refractivity contribution in [1.82, 2.24) is 0 Å². The summed E-state index contributed by atoms with van der Waals surface area (Å²) in [6, 6.07) is 25.0. The van der Waals surface area contributed by atoms with Crippen molar-refractivity contribution in [1.29, 1.82) is 5.26 Å². The third-order valence-electron chi connectivity index (χ3n) is 5.04. The molecule has 9 heteroatoms. The number of nitrogens with zero attached hydrogens (tertiary/aromatic N) is 3. The molecule has 3 aromatic rings. The number of aryl methyl sites for hydroxylation is 1. The summed E-state index contributed by atoms with van der Waals surface area (Å²) in [5.41, 5.74) is 5.41. The number of thioether (sulfide) groups is 1. The molecule has 1 heterocycles. The fraction of sp³-hybridized carbons (Fsp3) is 0.0769. The Labute approximate surface area is 206 Å². The average molecular weight is 484 g/mol. The Morgan fingerprint density at radius 1 is 1.00 bits per heavy atom. The standard InChI is InChI=1S/C26H21N5O3S/c1-17-8-10-18(11-9-17)28-23(32)22(16-27)26-31(20-6-4-3-5-7-20)25(33)24(35-26)30-29-19-12-14-21(34-2)15-13-19/h3-15,29H,1-2H3,(H,28,32)/b26-22-,30-24-. The van der Waals surface area contributed by atoms with Crippen LogP contribution in [0, 0.1) is 18.3 Å². The quantitative estimate of drug-likeness (QED) is 0.294. The summed E-state index contributed by atoms with van der Waals surface area (Å²) >= 11 is 0.958. The normalized spacial score (nSPS) is 15.5. The Morgan fingerprint density at radius 2 is 1.66 bits per heavy atom. The SMILES string of the molecule is COc1ccc(N/N=C2\S/C(=C(/C#N)C(=O)Nc3ccc(C)cc3)N(c3ccccc3)C2=O)cc1. The van der Waals surface area contributed by atoms with Gasteiger partial charge >= 0.3 is 0 Å². The number of amides is 2. The van der Waals surface area contributed by atoms with Gasteiger partial charge in [-0.2, -0.15) is 10.4 Å². The summed E-state index contributed by atoms with van der Waals surface area (Å²) in [5, 5.41) is 17.1. The molecule has 4 rings (SSSR count). The van der Waals surface area contributed by atoms with Crippen LogP contribution in [-0.2, 0) is 9.59 Å². The lowest BCUT2D eigenvalue weighted by molar-refractivity contribution is -0.112. The first-order chi connectivity index (χ1) is 17.0. The summed E-state index contributed by atoms with van der Waals surface area (Å²) in [5.74, 6) is -0.377. The zero-order chi connectivity index (χ0) is 24.8. The van der Waals surface area contributed by atoms with Crippen molar-refractivity contribution in [2.45, 2.75) is 6.92 Å². The first kappa shape index (κ1) is 23.6. The van der Waals surface area contributed by atoms with Crippen molar-refractivity contribution in [3.05, 3.63) is 95.0 Å². The number of para-hydroxylation sites is 1. The van der Waals surface area contributed by atoms with E-state index in [1.807, 2.05) is 31.2 Å². The highest BCUT2D eigenvalue weighted by atomic mass is 32.2. The molecule has 0 aromatic heterocycles. The molecule has 1 aliphatic heterocycles. The van der Waals surface area contributed by atoms with E-state index in [4.69, 9.17) is 4.74 Å². The number of methoxy groups -OCH3 is 1. The van der Waals surface area contributed by atoms with Gasteiger partial charge in [-0.1, -0.05) is 35.9 Å². The molecule has 2 amide bonds. The van der Waals surface area contributed by atoms with Crippen molar-refractivity contribution >= 4 is 45.7 Å². The van der Waals surface area contributed by atoms with Crippen molar-refractivity contribution in [2.24, 2.45) is 5.10 Å². The molecule has 8 nitrogen and oxygen atoms in total. The predicted molar refractivity (Wildman–Crippen MR) is 138 cm³/mol. The minimum atomic E-state index is -0.614. The van der Waals surface area contributed by atoms with Gasteiger partial charge in [-0.05, 0) is 67.2 Å². The highest BCUT2D eigenvalue weighted by molar-refractivity contribution is 8.20. The Balaban J connectivity index is 1.68. The number of anilines is 3. The van der Waals surface area contributed by atoms with Gasteiger partial charge in [0.2, 0.25) is 0 Å². The minimum Gasteiger partial charge on any atom is -0.497 e. The molecule has 1 saturated heterocycles. The maximum absolute atomic E-state index is 13.3. The Hall–Kier alpha value is -4.55. The zero-order valence-electron chi connectivity index (χ0n) is 19.0. The maximum atomic E-state index is 13.3. The predicted octanol–water partition coefficient (Wildman–Crippen LogP) is 4.88. The van der Waals surface area contributed by atoms with Crippen molar-refractivity contribution < 1.29 is 14.3 Å². The van der Waals surface area contributed by atoms with E-state index < -0.39 is 11.8 Å². The van der Waals surface area contributed by atoms with E-state index in [1.165, 1.54) is 4.90 Å². The molecule has 35 heavy (non-hydrogen) atoms. The highest BCUT2D eigenvalue weighted by Gasteiger charge is 2.38. The van der Waals surface area contributed by atoms with Gasteiger partial charge < -0.3 is 10.1 Å². The third kappa shape index (κ3) is 5.34. The number of nitrogens with one attached hydrogen (secondary N) is 2. The Morgan fingerprint density at radius 3 is 2.29 bits per heavy atom. The van der Waals surface area contributed by atoms with E-state index >= 15 is 0 Å². The molecule has 1 aliphatic rings. The molecule has 0 aliphatic carbocycles.